The quantitative estimate of drug-likeness (QED) is 0.789. The molecule has 1 N–H and O–H groups in total. The van der Waals surface area contributed by atoms with Crippen molar-refractivity contribution in [3.8, 4) is 11.3 Å². The van der Waals surface area contributed by atoms with Gasteiger partial charge in [-0.3, -0.25) is 14.9 Å². The first kappa shape index (κ1) is 17.5. The lowest BCUT2D eigenvalue weighted by molar-refractivity contribution is -0.148. The molecule has 1 aliphatic carbocycles. The lowest BCUT2D eigenvalue weighted by Crippen LogP contribution is -2.21. The molecule has 1 aromatic carbocycles. The van der Waals surface area contributed by atoms with E-state index in [9.17, 15) is 14.0 Å². The molecule has 7 heteroatoms. The third kappa shape index (κ3) is 5.09. The Bertz CT molecular complexity index is 739. The topological polar surface area (TPSA) is 68.3 Å². The first-order chi connectivity index (χ1) is 12.1. The van der Waals surface area contributed by atoms with Crippen LogP contribution in [0.3, 0.4) is 0 Å². The molecular weight excluding hydrogens is 343 g/mol. The third-order valence-electron chi connectivity index (χ3n) is 4.18. The van der Waals surface area contributed by atoms with Crippen LogP contribution in [0.15, 0.2) is 29.6 Å². The Morgan fingerprint density at radius 2 is 1.96 bits per heavy atom. The fourth-order valence-corrected chi connectivity index (χ4v) is 3.63. The van der Waals surface area contributed by atoms with Gasteiger partial charge >= 0.3 is 5.97 Å². The van der Waals surface area contributed by atoms with Gasteiger partial charge in [0.2, 0.25) is 0 Å². The van der Waals surface area contributed by atoms with Crippen LogP contribution in [0.4, 0.5) is 9.52 Å². The number of thiazole rings is 1. The Hall–Kier alpha value is -2.28. The van der Waals surface area contributed by atoms with Crippen molar-refractivity contribution >= 4 is 28.3 Å². The van der Waals surface area contributed by atoms with Crippen LogP contribution in [-0.2, 0) is 14.3 Å². The SMILES string of the molecule is O=C(COC(=O)CC1CCCC1)Nc1nc(-c2ccc(F)cc2)cs1. The summed E-state index contributed by atoms with van der Waals surface area (Å²) < 4.78 is 18.0. The van der Waals surface area contributed by atoms with Gasteiger partial charge in [0.05, 0.1) is 5.69 Å². The summed E-state index contributed by atoms with van der Waals surface area (Å²) in [4.78, 5) is 27.9. The van der Waals surface area contributed by atoms with Gasteiger partial charge in [0.15, 0.2) is 11.7 Å². The first-order valence-corrected chi connectivity index (χ1v) is 9.15. The van der Waals surface area contributed by atoms with E-state index in [0.29, 0.717) is 23.2 Å². The predicted molar refractivity (Wildman–Crippen MR) is 93.7 cm³/mol. The zero-order valence-electron chi connectivity index (χ0n) is 13.7. The minimum Gasteiger partial charge on any atom is -0.456 e. The number of halogens is 1. The van der Waals surface area contributed by atoms with Crippen LogP contribution in [0, 0.1) is 11.7 Å². The second kappa shape index (κ2) is 8.20. The number of benzene rings is 1. The van der Waals surface area contributed by atoms with E-state index in [-0.39, 0.29) is 18.4 Å². The van der Waals surface area contributed by atoms with Gasteiger partial charge in [0, 0.05) is 17.4 Å². The number of esters is 1. The van der Waals surface area contributed by atoms with E-state index in [4.69, 9.17) is 4.74 Å². The minimum atomic E-state index is -0.417. The molecule has 5 nitrogen and oxygen atoms in total. The number of anilines is 1. The van der Waals surface area contributed by atoms with Crippen molar-refractivity contribution in [2.45, 2.75) is 32.1 Å². The fourth-order valence-electron chi connectivity index (χ4n) is 2.89. The van der Waals surface area contributed by atoms with E-state index < -0.39 is 5.91 Å². The number of rotatable bonds is 6. The van der Waals surface area contributed by atoms with Crippen LogP contribution < -0.4 is 5.32 Å². The molecule has 1 aliphatic rings. The molecule has 0 spiro atoms. The average Bonchev–Trinajstić information content (AvgIpc) is 3.26. The Kier molecular flexibility index (Phi) is 5.75. The van der Waals surface area contributed by atoms with Gasteiger partial charge in [-0.1, -0.05) is 12.8 Å². The average molecular weight is 362 g/mol. The molecule has 0 atom stereocenters. The van der Waals surface area contributed by atoms with Gasteiger partial charge in [0.25, 0.3) is 5.91 Å². The molecule has 1 fully saturated rings. The highest BCUT2D eigenvalue weighted by Crippen LogP contribution is 2.28. The third-order valence-corrected chi connectivity index (χ3v) is 4.94. The van der Waals surface area contributed by atoms with E-state index in [1.165, 1.54) is 36.3 Å². The lowest BCUT2D eigenvalue weighted by atomic mass is 10.1. The van der Waals surface area contributed by atoms with Crippen molar-refractivity contribution in [2.24, 2.45) is 5.92 Å². The largest absolute Gasteiger partial charge is 0.456 e. The fraction of sp³-hybridized carbons (Fsp3) is 0.389. The summed E-state index contributed by atoms with van der Waals surface area (Å²) in [6.45, 7) is -0.309. The van der Waals surface area contributed by atoms with Gasteiger partial charge < -0.3 is 4.74 Å². The van der Waals surface area contributed by atoms with Crippen LogP contribution in [-0.4, -0.2) is 23.5 Å². The van der Waals surface area contributed by atoms with Crippen molar-refractivity contribution < 1.29 is 18.7 Å². The number of aromatic nitrogens is 1. The molecule has 0 saturated heterocycles. The summed E-state index contributed by atoms with van der Waals surface area (Å²) in [5.41, 5.74) is 1.42. The number of amides is 1. The summed E-state index contributed by atoms with van der Waals surface area (Å²) in [7, 11) is 0. The van der Waals surface area contributed by atoms with Gasteiger partial charge in [-0.2, -0.15) is 0 Å². The van der Waals surface area contributed by atoms with E-state index in [1.807, 2.05) is 0 Å². The smallest absolute Gasteiger partial charge is 0.306 e. The monoisotopic (exact) mass is 362 g/mol. The maximum Gasteiger partial charge on any atom is 0.306 e. The maximum atomic E-state index is 12.9. The number of hydrogen-bond acceptors (Lipinski definition) is 5. The van der Waals surface area contributed by atoms with Gasteiger partial charge in [-0.05, 0) is 43.0 Å². The predicted octanol–water partition coefficient (Wildman–Crippen LogP) is 4.01. The zero-order valence-corrected chi connectivity index (χ0v) is 14.5. The summed E-state index contributed by atoms with van der Waals surface area (Å²) in [6, 6.07) is 5.97. The number of nitrogens with one attached hydrogen (secondary N) is 1. The number of nitrogens with zero attached hydrogens (tertiary/aromatic N) is 1. The Morgan fingerprint density at radius 3 is 2.68 bits per heavy atom. The summed E-state index contributed by atoms with van der Waals surface area (Å²) in [5, 5.41) is 4.80. The molecule has 0 bridgehead atoms. The molecule has 25 heavy (non-hydrogen) atoms. The van der Waals surface area contributed by atoms with Crippen molar-refractivity contribution in [1.29, 1.82) is 0 Å². The molecule has 1 amide bonds. The molecule has 132 valence electrons. The zero-order chi connectivity index (χ0) is 17.6. The Morgan fingerprint density at radius 1 is 1.24 bits per heavy atom. The molecule has 0 radical (unpaired) electrons. The first-order valence-electron chi connectivity index (χ1n) is 8.27. The highest BCUT2D eigenvalue weighted by Gasteiger charge is 2.20. The maximum absolute atomic E-state index is 12.9. The van der Waals surface area contributed by atoms with Crippen molar-refractivity contribution in [3.05, 3.63) is 35.5 Å². The normalized spacial score (nSPS) is 14.4. The number of carbonyl (C=O) groups is 2. The molecule has 1 saturated carbocycles. The second-order valence-corrected chi connectivity index (χ2v) is 6.97. The highest BCUT2D eigenvalue weighted by molar-refractivity contribution is 7.14. The Labute approximate surface area is 149 Å². The lowest BCUT2D eigenvalue weighted by Gasteiger charge is -2.08. The summed E-state index contributed by atoms with van der Waals surface area (Å²) >= 11 is 1.26. The number of carbonyl (C=O) groups excluding carboxylic acids is 2. The summed E-state index contributed by atoms with van der Waals surface area (Å²) in [6.07, 6.45) is 4.84. The van der Waals surface area contributed by atoms with Crippen molar-refractivity contribution in [2.75, 3.05) is 11.9 Å². The molecule has 0 aliphatic heterocycles. The standard InChI is InChI=1S/C18H19FN2O3S/c19-14-7-5-13(6-8-14)15-11-25-18(20-15)21-16(22)10-24-17(23)9-12-3-1-2-4-12/h5-8,11-12H,1-4,9-10H2,(H,20,21,22). The van der Waals surface area contributed by atoms with Crippen LogP contribution in [0.1, 0.15) is 32.1 Å². The Balaban J connectivity index is 1.46. The molecular formula is C18H19FN2O3S. The molecule has 1 aromatic heterocycles. The molecule has 3 rings (SSSR count). The molecule has 1 heterocycles. The van der Waals surface area contributed by atoms with E-state index in [0.717, 1.165) is 18.4 Å². The van der Waals surface area contributed by atoms with Crippen LogP contribution in [0.2, 0.25) is 0 Å². The second-order valence-electron chi connectivity index (χ2n) is 6.11. The van der Waals surface area contributed by atoms with Gasteiger partial charge in [-0.15, -0.1) is 11.3 Å². The number of ether oxygens (including phenoxy) is 1. The molecule has 0 unspecified atom stereocenters. The van der Waals surface area contributed by atoms with Gasteiger partial charge in [0.1, 0.15) is 5.82 Å². The van der Waals surface area contributed by atoms with Crippen LogP contribution in [0.5, 0.6) is 0 Å². The highest BCUT2D eigenvalue weighted by atomic mass is 32.1. The summed E-state index contributed by atoms with van der Waals surface area (Å²) in [5.74, 6) is -0.660. The van der Waals surface area contributed by atoms with Crippen LogP contribution >= 0.6 is 11.3 Å². The van der Waals surface area contributed by atoms with Crippen LogP contribution in [0.25, 0.3) is 11.3 Å². The van der Waals surface area contributed by atoms with Crippen molar-refractivity contribution in [3.63, 3.8) is 0 Å². The van der Waals surface area contributed by atoms with Crippen molar-refractivity contribution in [1.82, 2.24) is 4.98 Å². The van der Waals surface area contributed by atoms with E-state index in [2.05, 4.69) is 10.3 Å². The molecule has 2 aromatic rings. The van der Waals surface area contributed by atoms with Gasteiger partial charge in [-0.25, -0.2) is 9.37 Å². The van der Waals surface area contributed by atoms with E-state index in [1.54, 1.807) is 17.5 Å². The van der Waals surface area contributed by atoms with E-state index >= 15 is 0 Å². The number of hydrogen-bond donors (Lipinski definition) is 1. The minimum absolute atomic E-state index is 0.309.